The fourth-order valence-corrected chi connectivity index (χ4v) is 1.78. The van der Waals surface area contributed by atoms with E-state index in [0.717, 1.165) is 11.5 Å². The largest absolute Gasteiger partial charge is 0.497 e. The van der Waals surface area contributed by atoms with E-state index >= 15 is 0 Å². The van der Waals surface area contributed by atoms with Gasteiger partial charge in [0.1, 0.15) is 30.5 Å². The molecule has 0 aliphatic carbocycles. The van der Waals surface area contributed by atoms with Crippen LogP contribution in [0.4, 0.5) is 0 Å². The Morgan fingerprint density at radius 3 is 2.57 bits per heavy atom. The van der Waals surface area contributed by atoms with Crippen LogP contribution in [0.1, 0.15) is 5.56 Å². The molecular formula is C16H17NO4. The molecule has 0 spiro atoms. The lowest BCUT2D eigenvalue weighted by molar-refractivity contribution is 0.216. The summed E-state index contributed by atoms with van der Waals surface area (Å²) in [5, 5.41) is 11.6. The Morgan fingerprint density at radius 2 is 1.76 bits per heavy atom. The Balaban J connectivity index is 1.84. The summed E-state index contributed by atoms with van der Waals surface area (Å²) in [5.41, 5.74) is 0.710. The number of oxime groups is 1. The number of hydrogen-bond acceptors (Lipinski definition) is 5. The van der Waals surface area contributed by atoms with Gasteiger partial charge in [-0.2, -0.15) is 0 Å². The second kappa shape index (κ2) is 7.79. The fourth-order valence-electron chi connectivity index (χ4n) is 1.78. The van der Waals surface area contributed by atoms with Crippen LogP contribution in [0.5, 0.6) is 17.2 Å². The molecule has 2 aromatic rings. The van der Waals surface area contributed by atoms with Crippen molar-refractivity contribution >= 4 is 6.21 Å². The fraction of sp³-hybridized carbons (Fsp3) is 0.188. The molecule has 0 unspecified atom stereocenters. The number of para-hydroxylation sites is 1. The number of rotatable bonds is 7. The molecular weight excluding hydrogens is 270 g/mol. The molecule has 0 bridgehead atoms. The van der Waals surface area contributed by atoms with Crippen LogP contribution in [0, 0.1) is 0 Å². The predicted molar refractivity (Wildman–Crippen MR) is 79.8 cm³/mol. The lowest BCUT2D eigenvalue weighted by Gasteiger charge is -2.10. The van der Waals surface area contributed by atoms with E-state index in [1.54, 1.807) is 13.2 Å². The number of methoxy groups -OCH3 is 1. The van der Waals surface area contributed by atoms with E-state index in [9.17, 15) is 0 Å². The van der Waals surface area contributed by atoms with Gasteiger partial charge in [0.2, 0.25) is 0 Å². The monoisotopic (exact) mass is 287 g/mol. The molecule has 0 aliphatic rings. The van der Waals surface area contributed by atoms with E-state index in [4.69, 9.17) is 19.4 Å². The number of nitrogens with zero attached hydrogens (tertiary/aromatic N) is 1. The molecule has 110 valence electrons. The lowest BCUT2D eigenvalue weighted by atomic mass is 10.2. The Hall–Kier alpha value is -2.69. The Labute approximate surface area is 123 Å². The third kappa shape index (κ3) is 4.42. The SMILES string of the molecule is COc1cccc(OCCOc2ccccc2C=NO)c1. The highest BCUT2D eigenvalue weighted by Gasteiger charge is 2.01. The zero-order valence-electron chi connectivity index (χ0n) is 11.7. The molecule has 0 amide bonds. The van der Waals surface area contributed by atoms with Crippen LogP contribution >= 0.6 is 0 Å². The molecule has 2 rings (SSSR count). The first-order valence-corrected chi connectivity index (χ1v) is 6.49. The topological polar surface area (TPSA) is 60.3 Å². The van der Waals surface area contributed by atoms with E-state index in [-0.39, 0.29) is 0 Å². The van der Waals surface area contributed by atoms with Crippen molar-refractivity contribution in [2.24, 2.45) is 5.16 Å². The summed E-state index contributed by atoms with van der Waals surface area (Å²) in [5.74, 6) is 2.12. The van der Waals surface area contributed by atoms with Crippen molar-refractivity contribution in [1.82, 2.24) is 0 Å². The standard InChI is InChI=1S/C16H17NO4/c1-19-14-6-4-7-15(11-14)20-9-10-21-16-8-3-2-5-13(16)12-17-18/h2-8,11-12,18H,9-10H2,1H3. The van der Waals surface area contributed by atoms with Gasteiger partial charge in [0.25, 0.3) is 0 Å². The Morgan fingerprint density at radius 1 is 1.00 bits per heavy atom. The average molecular weight is 287 g/mol. The van der Waals surface area contributed by atoms with Gasteiger partial charge < -0.3 is 19.4 Å². The number of ether oxygens (including phenoxy) is 3. The summed E-state index contributed by atoms with van der Waals surface area (Å²) in [6.07, 6.45) is 1.33. The van der Waals surface area contributed by atoms with Gasteiger partial charge in [-0.05, 0) is 24.3 Å². The van der Waals surface area contributed by atoms with Gasteiger partial charge in [0.15, 0.2) is 0 Å². The lowest BCUT2D eigenvalue weighted by Crippen LogP contribution is -2.10. The number of hydrogen-bond donors (Lipinski definition) is 1. The third-order valence-electron chi connectivity index (χ3n) is 2.77. The van der Waals surface area contributed by atoms with E-state index < -0.39 is 0 Å². The maximum absolute atomic E-state index is 8.59. The summed E-state index contributed by atoms with van der Waals surface area (Å²) in [6, 6.07) is 14.7. The van der Waals surface area contributed by atoms with Gasteiger partial charge in [0.05, 0.1) is 13.3 Å². The van der Waals surface area contributed by atoms with Crippen LogP contribution in [0.3, 0.4) is 0 Å². The molecule has 0 atom stereocenters. The minimum Gasteiger partial charge on any atom is -0.497 e. The molecule has 2 aromatic carbocycles. The quantitative estimate of drug-likeness (QED) is 0.368. The minimum absolute atomic E-state index is 0.382. The highest BCUT2D eigenvalue weighted by molar-refractivity contribution is 5.82. The predicted octanol–water partition coefficient (Wildman–Crippen LogP) is 2.96. The molecule has 0 aliphatic heterocycles. The van der Waals surface area contributed by atoms with Crippen molar-refractivity contribution in [3.05, 3.63) is 54.1 Å². The zero-order chi connectivity index (χ0) is 14.9. The van der Waals surface area contributed by atoms with Crippen LogP contribution in [0.25, 0.3) is 0 Å². The van der Waals surface area contributed by atoms with Crippen LogP contribution in [-0.4, -0.2) is 31.7 Å². The van der Waals surface area contributed by atoms with E-state index in [0.29, 0.717) is 24.5 Å². The first-order valence-electron chi connectivity index (χ1n) is 6.49. The maximum atomic E-state index is 8.59. The average Bonchev–Trinajstić information content (AvgIpc) is 2.53. The van der Waals surface area contributed by atoms with Gasteiger partial charge in [-0.25, -0.2) is 0 Å². The molecule has 0 saturated carbocycles. The van der Waals surface area contributed by atoms with Crippen LogP contribution in [0.2, 0.25) is 0 Å². The molecule has 1 N–H and O–H groups in total. The summed E-state index contributed by atoms with van der Waals surface area (Å²) in [7, 11) is 1.61. The minimum atomic E-state index is 0.382. The molecule has 0 fully saturated rings. The van der Waals surface area contributed by atoms with E-state index in [2.05, 4.69) is 5.16 Å². The van der Waals surface area contributed by atoms with Crippen LogP contribution < -0.4 is 14.2 Å². The molecule has 21 heavy (non-hydrogen) atoms. The third-order valence-corrected chi connectivity index (χ3v) is 2.77. The van der Waals surface area contributed by atoms with Crippen molar-refractivity contribution in [2.75, 3.05) is 20.3 Å². The molecule has 0 saturated heterocycles. The van der Waals surface area contributed by atoms with Crippen molar-refractivity contribution in [3.63, 3.8) is 0 Å². The van der Waals surface area contributed by atoms with Gasteiger partial charge >= 0.3 is 0 Å². The molecule has 0 radical (unpaired) electrons. The smallest absolute Gasteiger partial charge is 0.128 e. The summed E-state index contributed by atoms with van der Waals surface area (Å²) in [4.78, 5) is 0. The van der Waals surface area contributed by atoms with E-state index in [1.807, 2.05) is 42.5 Å². The molecule has 5 nitrogen and oxygen atoms in total. The Kier molecular flexibility index (Phi) is 5.46. The number of benzene rings is 2. The van der Waals surface area contributed by atoms with Crippen LogP contribution in [-0.2, 0) is 0 Å². The summed E-state index contributed by atoms with van der Waals surface area (Å²) >= 11 is 0. The van der Waals surface area contributed by atoms with Gasteiger partial charge in [-0.15, -0.1) is 0 Å². The van der Waals surface area contributed by atoms with Crippen molar-refractivity contribution in [2.45, 2.75) is 0 Å². The maximum Gasteiger partial charge on any atom is 0.128 e. The highest BCUT2D eigenvalue weighted by atomic mass is 16.5. The van der Waals surface area contributed by atoms with Crippen molar-refractivity contribution in [3.8, 4) is 17.2 Å². The highest BCUT2D eigenvalue weighted by Crippen LogP contribution is 2.19. The molecule has 0 aromatic heterocycles. The normalized spacial score (nSPS) is 10.5. The first-order chi connectivity index (χ1) is 10.3. The van der Waals surface area contributed by atoms with Crippen molar-refractivity contribution in [1.29, 1.82) is 0 Å². The second-order valence-corrected chi connectivity index (χ2v) is 4.16. The zero-order valence-corrected chi connectivity index (χ0v) is 11.7. The molecule has 5 heteroatoms. The molecule has 0 heterocycles. The Bertz CT molecular complexity index is 598. The summed E-state index contributed by atoms with van der Waals surface area (Å²) < 4.78 is 16.3. The van der Waals surface area contributed by atoms with E-state index in [1.165, 1.54) is 6.21 Å². The van der Waals surface area contributed by atoms with Gasteiger partial charge in [0, 0.05) is 11.6 Å². The first kappa shape index (κ1) is 14.7. The van der Waals surface area contributed by atoms with Crippen molar-refractivity contribution < 1.29 is 19.4 Å². The van der Waals surface area contributed by atoms with Gasteiger partial charge in [-0.1, -0.05) is 23.4 Å². The summed E-state index contributed by atoms with van der Waals surface area (Å²) in [6.45, 7) is 0.783. The van der Waals surface area contributed by atoms with Gasteiger partial charge in [-0.3, -0.25) is 0 Å². The second-order valence-electron chi connectivity index (χ2n) is 4.16. The van der Waals surface area contributed by atoms with Crippen LogP contribution in [0.15, 0.2) is 53.7 Å².